The summed E-state index contributed by atoms with van der Waals surface area (Å²) < 4.78 is 2.53. The molecule has 0 amide bonds. The van der Waals surface area contributed by atoms with Crippen LogP contribution in [-0.4, -0.2) is 24.9 Å². The zero-order valence-electron chi connectivity index (χ0n) is 9.12. The maximum absolute atomic E-state index is 11.8. The Hall–Kier alpha value is -1.98. The highest BCUT2D eigenvalue weighted by Crippen LogP contribution is 1.97. The van der Waals surface area contributed by atoms with Crippen molar-refractivity contribution in [3.8, 4) is 0 Å². The number of hydrogen-bond donors (Lipinski definition) is 0. The van der Waals surface area contributed by atoms with E-state index in [0.717, 1.165) is 0 Å². The smallest absolute Gasteiger partial charge is 0.297 e. The van der Waals surface area contributed by atoms with Crippen molar-refractivity contribution in [2.75, 3.05) is 0 Å². The zero-order valence-corrected chi connectivity index (χ0v) is 9.12. The van der Waals surface area contributed by atoms with Crippen LogP contribution in [0.1, 0.15) is 13.8 Å². The van der Waals surface area contributed by atoms with Crippen LogP contribution in [0.25, 0.3) is 5.65 Å². The quantitative estimate of drug-likeness (QED) is 0.736. The SMILES string of the molecule is CC(C)C(=O)Cn1nc2cnccn2c1=O. The van der Waals surface area contributed by atoms with E-state index in [1.807, 2.05) is 0 Å². The van der Waals surface area contributed by atoms with Gasteiger partial charge in [0.1, 0.15) is 6.54 Å². The molecule has 2 heterocycles. The molecule has 0 aromatic carbocycles. The Morgan fingerprint density at radius 2 is 2.25 bits per heavy atom. The molecule has 2 aromatic heterocycles. The zero-order chi connectivity index (χ0) is 11.7. The Kier molecular flexibility index (Phi) is 2.55. The molecule has 0 fully saturated rings. The van der Waals surface area contributed by atoms with Crippen LogP contribution in [0.15, 0.2) is 23.4 Å². The highest BCUT2D eigenvalue weighted by Gasteiger charge is 2.12. The maximum atomic E-state index is 11.8. The molecule has 0 N–H and O–H groups in total. The molecular formula is C10H12N4O2. The summed E-state index contributed by atoms with van der Waals surface area (Å²) in [6.45, 7) is 3.60. The summed E-state index contributed by atoms with van der Waals surface area (Å²) in [5.41, 5.74) is 0.135. The molecule has 0 aliphatic carbocycles. The molecule has 2 rings (SSSR count). The van der Waals surface area contributed by atoms with Gasteiger partial charge in [-0.05, 0) is 0 Å². The summed E-state index contributed by atoms with van der Waals surface area (Å²) in [7, 11) is 0. The third-order valence-corrected chi connectivity index (χ3v) is 2.34. The lowest BCUT2D eigenvalue weighted by Gasteiger charge is -2.01. The Bertz CT molecular complexity index is 582. The average Bonchev–Trinajstić information content (AvgIpc) is 2.56. The second kappa shape index (κ2) is 3.88. The van der Waals surface area contributed by atoms with Gasteiger partial charge in [-0.3, -0.25) is 9.78 Å². The van der Waals surface area contributed by atoms with Gasteiger partial charge in [0.2, 0.25) is 0 Å². The van der Waals surface area contributed by atoms with E-state index >= 15 is 0 Å². The van der Waals surface area contributed by atoms with Crippen LogP contribution in [-0.2, 0) is 11.3 Å². The summed E-state index contributed by atoms with van der Waals surface area (Å²) in [4.78, 5) is 27.1. The molecule has 0 radical (unpaired) electrons. The fourth-order valence-corrected chi connectivity index (χ4v) is 1.31. The van der Waals surface area contributed by atoms with Crippen molar-refractivity contribution < 1.29 is 4.79 Å². The first kappa shape index (κ1) is 10.5. The summed E-state index contributed by atoms with van der Waals surface area (Å²) in [5.74, 6) is -0.117. The van der Waals surface area contributed by atoms with Crippen LogP contribution in [0.3, 0.4) is 0 Å². The van der Waals surface area contributed by atoms with E-state index < -0.39 is 0 Å². The normalized spacial score (nSPS) is 11.2. The molecule has 0 bridgehead atoms. The Balaban J connectivity index is 2.43. The second-order valence-corrected chi connectivity index (χ2v) is 3.87. The number of nitrogens with zero attached hydrogens (tertiary/aromatic N) is 4. The van der Waals surface area contributed by atoms with Crippen molar-refractivity contribution in [2.45, 2.75) is 20.4 Å². The standard InChI is InChI=1S/C10H12N4O2/c1-7(2)8(15)6-14-10(16)13-4-3-11-5-9(13)12-14/h3-5,7H,6H2,1-2H3. The van der Waals surface area contributed by atoms with Gasteiger partial charge in [-0.1, -0.05) is 13.8 Å². The van der Waals surface area contributed by atoms with Crippen LogP contribution in [0.4, 0.5) is 0 Å². The topological polar surface area (TPSA) is 69.3 Å². The number of rotatable bonds is 3. The highest BCUT2D eigenvalue weighted by molar-refractivity contribution is 5.79. The van der Waals surface area contributed by atoms with Gasteiger partial charge in [0.15, 0.2) is 11.4 Å². The largest absolute Gasteiger partial charge is 0.350 e. The summed E-state index contributed by atoms with van der Waals surface area (Å²) >= 11 is 0. The molecule has 6 heteroatoms. The minimum atomic E-state index is -0.314. The number of Topliss-reactive ketones (excluding diaryl/α,β-unsaturated/α-hetero) is 1. The lowest BCUT2D eigenvalue weighted by atomic mass is 10.1. The van der Waals surface area contributed by atoms with E-state index in [4.69, 9.17) is 0 Å². The summed E-state index contributed by atoms with van der Waals surface area (Å²) in [6.07, 6.45) is 4.52. The predicted octanol–water partition coefficient (Wildman–Crippen LogP) is 0.116. The van der Waals surface area contributed by atoms with Crippen molar-refractivity contribution in [2.24, 2.45) is 5.92 Å². The molecule has 0 atom stereocenters. The first-order valence-corrected chi connectivity index (χ1v) is 5.01. The molecule has 0 aliphatic rings. The molecule has 0 spiro atoms. The van der Waals surface area contributed by atoms with Gasteiger partial charge >= 0.3 is 5.69 Å². The second-order valence-electron chi connectivity index (χ2n) is 3.87. The van der Waals surface area contributed by atoms with Crippen molar-refractivity contribution in [1.29, 1.82) is 0 Å². The number of fused-ring (bicyclic) bond motifs is 1. The minimum Gasteiger partial charge on any atom is -0.297 e. The van der Waals surface area contributed by atoms with Gasteiger partial charge in [0.05, 0.1) is 6.20 Å². The monoisotopic (exact) mass is 220 g/mol. The van der Waals surface area contributed by atoms with Crippen LogP contribution in [0.5, 0.6) is 0 Å². The first-order chi connectivity index (χ1) is 7.59. The van der Waals surface area contributed by atoms with E-state index in [2.05, 4.69) is 10.1 Å². The Morgan fingerprint density at radius 1 is 1.50 bits per heavy atom. The van der Waals surface area contributed by atoms with Crippen molar-refractivity contribution >= 4 is 11.4 Å². The predicted molar refractivity (Wildman–Crippen MR) is 57.1 cm³/mol. The van der Waals surface area contributed by atoms with Gasteiger partial charge in [0.25, 0.3) is 0 Å². The number of ketones is 1. The van der Waals surface area contributed by atoms with Gasteiger partial charge < -0.3 is 0 Å². The number of carbonyl (C=O) groups excluding carboxylic acids is 1. The third kappa shape index (κ3) is 1.73. The van der Waals surface area contributed by atoms with Crippen molar-refractivity contribution in [3.05, 3.63) is 29.1 Å². The molecular weight excluding hydrogens is 208 g/mol. The van der Waals surface area contributed by atoms with Gasteiger partial charge in [-0.25, -0.2) is 13.9 Å². The van der Waals surface area contributed by atoms with Gasteiger partial charge in [-0.15, -0.1) is 5.10 Å². The van der Waals surface area contributed by atoms with E-state index in [1.165, 1.54) is 27.7 Å². The molecule has 0 unspecified atom stereocenters. The van der Waals surface area contributed by atoms with E-state index in [1.54, 1.807) is 13.8 Å². The Labute approximate surface area is 91.5 Å². The van der Waals surface area contributed by atoms with Crippen LogP contribution in [0.2, 0.25) is 0 Å². The minimum absolute atomic E-state index is 0.0121. The van der Waals surface area contributed by atoms with Gasteiger partial charge in [-0.2, -0.15) is 0 Å². The van der Waals surface area contributed by atoms with Crippen molar-refractivity contribution in [3.63, 3.8) is 0 Å². The summed E-state index contributed by atoms with van der Waals surface area (Å²) in [5, 5.41) is 4.02. The number of aromatic nitrogens is 4. The van der Waals surface area contributed by atoms with Crippen molar-refractivity contribution in [1.82, 2.24) is 19.2 Å². The first-order valence-electron chi connectivity index (χ1n) is 5.01. The molecule has 2 aromatic rings. The molecule has 0 aliphatic heterocycles. The fraction of sp³-hybridized carbons (Fsp3) is 0.400. The molecule has 0 saturated carbocycles. The van der Waals surface area contributed by atoms with Crippen LogP contribution in [0, 0.1) is 5.92 Å². The fourth-order valence-electron chi connectivity index (χ4n) is 1.31. The lowest BCUT2D eigenvalue weighted by molar-refractivity contribution is -0.122. The average molecular weight is 220 g/mol. The molecule has 6 nitrogen and oxygen atoms in total. The van der Waals surface area contributed by atoms with E-state index in [-0.39, 0.29) is 23.9 Å². The lowest BCUT2D eigenvalue weighted by Crippen LogP contribution is -2.26. The van der Waals surface area contributed by atoms with Gasteiger partial charge in [0, 0.05) is 18.3 Å². The molecule has 16 heavy (non-hydrogen) atoms. The molecule has 0 saturated heterocycles. The Morgan fingerprint density at radius 3 is 2.88 bits per heavy atom. The third-order valence-electron chi connectivity index (χ3n) is 2.34. The number of hydrogen-bond acceptors (Lipinski definition) is 4. The number of carbonyl (C=O) groups is 1. The molecule has 84 valence electrons. The highest BCUT2D eigenvalue weighted by atomic mass is 16.2. The van der Waals surface area contributed by atoms with Crippen LogP contribution < -0.4 is 5.69 Å². The van der Waals surface area contributed by atoms with E-state index in [0.29, 0.717) is 5.65 Å². The van der Waals surface area contributed by atoms with Crippen LogP contribution >= 0.6 is 0 Å². The van der Waals surface area contributed by atoms with E-state index in [9.17, 15) is 9.59 Å². The summed E-state index contributed by atoms with van der Waals surface area (Å²) in [6, 6.07) is 0. The maximum Gasteiger partial charge on any atom is 0.350 e.